The minimum Gasteiger partial charge on any atom is -0.477 e. The topological polar surface area (TPSA) is 101 Å². The fraction of sp³-hybridized carbons (Fsp3) is 0.667. The van der Waals surface area contributed by atoms with Gasteiger partial charge >= 0.3 is 5.97 Å². The maximum Gasteiger partial charge on any atom is 0.345 e. The van der Waals surface area contributed by atoms with Crippen molar-refractivity contribution in [2.45, 2.75) is 37.7 Å². The summed E-state index contributed by atoms with van der Waals surface area (Å²) in [4.78, 5) is 27.3. The Morgan fingerprint density at radius 3 is 2.52 bits per heavy atom. The molecule has 2 fully saturated rings. The van der Waals surface area contributed by atoms with Gasteiger partial charge in [0.05, 0.1) is 18.1 Å². The van der Waals surface area contributed by atoms with Gasteiger partial charge in [0.2, 0.25) is 5.91 Å². The van der Waals surface area contributed by atoms with Gasteiger partial charge in [-0.2, -0.15) is 0 Å². The fourth-order valence-corrected chi connectivity index (χ4v) is 7.12. The molecule has 0 aromatic carbocycles. The third-order valence-electron chi connectivity index (χ3n) is 5.97. The van der Waals surface area contributed by atoms with Crippen molar-refractivity contribution < 1.29 is 27.9 Å². The lowest BCUT2D eigenvalue weighted by Gasteiger charge is -2.44. The summed E-state index contributed by atoms with van der Waals surface area (Å²) in [5.74, 6) is -0.870. The first-order valence-electron chi connectivity index (χ1n) is 9.29. The number of fused-ring (bicyclic) bond motifs is 2. The van der Waals surface area contributed by atoms with Crippen LogP contribution in [0, 0.1) is 5.92 Å². The van der Waals surface area contributed by atoms with E-state index in [1.807, 2.05) is 4.90 Å². The van der Waals surface area contributed by atoms with E-state index < -0.39 is 21.4 Å². The van der Waals surface area contributed by atoms with Gasteiger partial charge in [0.1, 0.15) is 20.3 Å². The summed E-state index contributed by atoms with van der Waals surface area (Å²) in [5, 5.41) is 9.29. The van der Waals surface area contributed by atoms with E-state index in [2.05, 4.69) is 0 Å². The highest BCUT2D eigenvalue weighted by molar-refractivity contribution is 7.91. The number of likely N-dealkylation sites (tertiary alicyclic amines) is 1. The lowest BCUT2D eigenvalue weighted by molar-refractivity contribution is -0.144. The maximum atomic E-state index is 12.8. The van der Waals surface area contributed by atoms with Crippen LogP contribution in [0.15, 0.2) is 6.07 Å². The van der Waals surface area contributed by atoms with Crippen LogP contribution in [-0.4, -0.2) is 61.5 Å². The zero-order valence-corrected chi connectivity index (χ0v) is 16.6. The molecule has 1 aromatic rings. The first-order chi connectivity index (χ1) is 12.8. The number of carboxylic acids is 1. The molecule has 4 heterocycles. The average molecular weight is 414 g/mol. The molecule has 0 unspecified atom stereocenters. The highest BCUT2D eigenvalue weighted by Crippen LogP contribution is 2.45. The first-order valence-corrected chi connectivity index (χ1v) is 11.9. The van der Waals surface area contributed by atoms with Crippen LogP contribution in [0.4, 0.5) is 0 Å². The summed E-state index contributed by atoms with van der Waals surface area (Å²) in [6.45, 7) is 1.68. The van der Waals surface area contributed by atoms with Crippen LogP contribution in [-0.2, 0) is 31.4 Å². The third kappa shape index (κ3) is 3.52. The summed E-state index contributed by atoms with van der Waals surface area (Å²) in [6.07, 6.45) is 2.85. The number of carboxylic acid groups (broad SMARTS) is 1. The lowest BCUT2D eigenvalue weighted by atomic mass is 9.84. The molecule has 4 rings (SSSR count). The van der Waals surface area contributed by atoms with Gasteiger partial charge in [-0.25, -0.2) is 13.2 Å². The Labute approximate surface area is 162 Å². The van der Waals surface area contributed by atoms with E-state index in [0.717, 1.165) is 16.9 Å². The van der Waals surface area contributed by atoms with Crippen molar-refractivity contribution in [3.63, 3.8) is 0 Å². The van der Waals surface area contributed by atoms with Crippen LogP contribution in [0.25, 0.3) is 0 Å². The van der Waals surface area contributed by atoms with Crippen LogP contribution in [0.3, 0.4) is 0 Å². The van der Waals surface area contributed by atoms with Gasteiger partial charge in [-0.15, -0.1) is 11.3 Å². The van der Waals surface area contributed by atoms with Crippen molar-refractivity contribution in [1.82, 2.24) is 4.90 Å². The predicted octanol–water partition coefficient (Wildman–Crippen LogP) is 1.66. The highest BCUT2D eigenvalue weighted by atomic mass is 32.2. The molecule has 9 heteroatoms. The van der Waals surface area contributed by atoms with Crippen LogP contribution in [0.2, 0.25) is 0 Å². The second kappa shape index (κ2) is 6.86. The molecule has 3 aliphatic rings. The number of carbonyl (C=O) groups is 2. The number of ether oxygens (including phenoxy) is 1. The SMILES string of the molecule is O=C(O)c1cc2c(s1)C1(CCN(C(=O)C3CCS(=O)(=O)CC3)CC1)OCC2. The number of thiophene rings is 1. The van der Waals surface area contributed by atoms with Crippen molar-refractivity contribution in [3.8, 4) is 0 Å². The smallest absolute Gasteiger partial charge is 0.345 e. The second-order valence-electron chi connectivity index (χ2n) is 7.61. The number of carbonyl (C=O) groups excluding carboxylic acids is 1. The number of hydrogen-bond acceptors (Lipinski definition) is 6. The number of aromatic carboxylic acids is 1. The van der Waals surface area contributed by atoms with Crippen LogP contribution in [0.1, 0.15) is 45.8 Å². The van der Waals surface area contributed by atoms with E-state index >= 15 is 0 Å². The zero-order chi connectivity index (χ0) is 19.2. The van der Waals surface area contributed by atoms with E-state index in [-0.39, 0.29) is 23.3 Å². The predicted molar refractivity (Wildman–Crippen MR) is 99.8 cm³/mol. The van der Waals surface area contributed by atoms with Crippen LogP contribution < -0.4 is 0 Å². The molecule has 2 saturated heterocycles. The molecule has 7 nitrogen and oxygen atoms in total. The Bertz CT molecular complexity index is 852. The first kappa shape index (κ1) is 18.9. The fourth-order valence-electron chi connectivity index (χ4n) is 4.38. The van der Waals surface area contributed by atoms with E-state index in [0.29, 0.717) is 50.3 Å². The normalized spacial score (nSPS) is 24.5. The van der Waals surface area contributed by atoms with Crippen molar-refractivity contribution in [3.05, 3.63) is 21.4 Å². The summed E-state index contributed by atoms with van der Waals surface area (Å²) in [7, 11) is -2.98. The Kier molecular flexibility index (Phi) is 4.80. The molecule has 1 spiro atoms. The van der Waals surface area contributed by atoms with Crippen LogP contribution in [0.5, 0.6) is 0 Å². The van der Waals surface area contributed by atoms with Crippen molar-refractivity contribution in [1.29, 1.82) is 0 Å². The molecule has 1 amide bonds. The number of hydrogen-bond donors (Lipinski definition) is 1. The number of sulfone groups is 1. The summed E-state index contributed by atoms with van der Waals surface area (Å²) >= 11 is 1.29. The van der Waals surface area contributed by atoms with Crippen molar-refractivity contribution in [2.75, 3.05) is 31.2 Å². The number of rotatable bonds is 2. The van der Waals surface area contributed by atoms with Gasteiger partial charge in [0, 0.05) is 23.9 Å². The highest BCUT2D eigenvalue weighted by Gasteiger charge is 2.44. The van der Waals surface area contributed by atoms with Gasteiger partial charge in [0.15, 0.2) is 0 Å². The molecule has 1 aromatic heterocycles. The number of nitrogens with zero attached hydrogens (tertiary/aromatic N) is 1. The van der Waals surface area contributed by atoms with Gasteiger partial charge in [-0.05, 0) is 43.7 Å². The quantitative estimate of drug-likeness (QED) is 0.791. The second-order valence-corrected chi connectivity index (χ2v) is 11.0. The minimum atomic E-state index is -2.98. The standard InChI is InChI=1S/C18H23NO6S2/c20-16(12-2-9-27(23,24)10-3-12)19-6-4-18(5-7-19)15-13(1-8-25-18)11-14(26-15)17(21)22/h11-12H,1-10H2,(H,21,22). The summed E-state index contributed by atoms with van der Waals surface area (Å²) in [6, 6.07) is 1.76. The van der Waals surface area contributed by atoms with E-state index in [1.165, 1.54) is 11.3 Å². The van der Waals surface area contributed by atoms with Crippen LogP contribution >= 0.6 is 11.3 Å². The Morgan fingerprint density at radius 2 is 1.89 bits per heavy atom. The molecule has 3 aliphatic heterocycles. The monoisotopic (exact) mass is 413 g/mol. The lowest BCUT2D eigenvalue weighted by Crippen LogP contribution is -2.50. The third-order valence-corrected chi connectivity index (χ3v) is 9.04. The molecule has 0 atom stereocenters. The van der Waals surface area contributed by atoms with Crippen molar-refractivity contribution >= 4 is 33.1 Å². The average Bonchev–Trinajstić information content (AvgIpc) is 3.08. The summed E-state index contributed by atoms with van der Waals surface area (Å²) < 4.78 is 29.3. The van der Waals surface area contributed by atoms with Crippen molar-refractivity contribution in [2.24, 2.45) is 5.92 Å². The molecule has 0 bridgehead atoms. The molecule has 27 heavy (non-hydrogen) atoms. The van der Waals surface area contributed by atoms with E-state index in [4.69, 9.17) is 4.74 Å². The molecular formula is C18H23NO6S2. The number of amides is 1. The van der Waals surface area contributed by atoms with E-state index in [1.54, 1.807) is 6.07 Å². The summed E-state index contributed by atoms with van der Waals surface area (Å²) in [5.41, 5.74) is 0.569. The van der Waals surface area contributed by atoms with Gasteiger partial charge in [-0.1, -0.05) is 0 Å². The Morgan fingerprint density at radius 1 is 1.22 bits per heavy atom. The Hall–Kier alpha value is -1.45. The Balaban J connectivity index is 1.45. The minimum absolute atomic E-state index is 0.0492. The molecule has 0 saturated carbocycles. The largest absolute Gasteiger partial charge is 0.477 e. The number of piperidine rings is 1. The maximum absolute atomic E-state index is 12.8. The molecule has 148 valence electrons. The van der Waals surface area contributed by atoms with E-state index in [9.17, 15) is 23.1 Å². The molecule has 0 aliphatic carbocycles. The molecular weight excluding hydrogens is 390 g/mol. The van der Waals surface area contributed by atoms with Gasteiger partial charge in [-0.3, -0.25) is 4.79 Å². The zero-order valence-electron chi connectivity index (χ0n) is 15.0. The van der Waals surface area contributed by atoms with Gasteiger partial charge in [0.25, 0.3) is 0 Å². The van der Waals surface area contributed by atoms with Gasteiger partial charge < -0.3 is 14.7 Å². The molecule has 0 radical (unpaired) electrons. The molecule has 1 N–H and O–H groups in total.